The van der Waals surface area contributed by atoms with Crippen molar-refractivity contribution in [2.24, 2.45) is 11.7 Å². The maximum absolute atomic E-state index is 13.0. The van der Waals surface area contributed by atoms with Crippen LogP contribution in [0.3, 0.4) is 0 Å². The Morgan fingerprint density at radius 1 is 0.863 bits per heavy atom. The molecule has 21 heteroatoms. The third-order valence-corrected chi connectivity index (χ3v) is 12.5. The van der Waals surface area contributed by atoms with E-state index in [0.29, 0.717) is 35.9 Å². The van der Waals surface area contributed by atoms with Gasteiger partial charge >= 0.3 is 0 Å². The van der Waals surface area contributed by atoms with E-state index < -0.39 is 38.1 Å². The second-order valence-electron chi connectivity index (χ2n) is 11.2. The zero-order chi connectivity index (χ0) is 36.8. The number of aliphatic carboxylic acids is 1. The number of carboxylic acid groups (broad SMARTS) is 1. The number of H-pyrrole nitrogens is 1. The van der Waals surface area contributed by atoms with E-state index in [4.69, 9.17) is 42.6 Å². The number of morpholine rings is 2. The molecule has 7 rings (SSSR count). The van der Waals surface area contributed by atoms with Crippen LogP contribution in [0.15, 0.2) is 76.4 Å². The van der Waals surface area contributed by atoms with Crippen LogP contribution in [0.4, 0.5) is 0 Å². The number of hydrazine groups is 1. The highest BCUT2D eigenvalue weighted by molar-refractivity contribution is 7.89. The molecule has 9 N–H and O–H groups in total. The van der Waals surface area contributed by atoms with E-state index in [1.807, 2.05) is 0 Å². The summed E-state index contributed by atoms with van der Waals surface area (Å²) in [6, 6.07) is 10.2. The minimum absolute atomic E-state index is 0. The molecule has 2 aromatic carbocycles. The van der Waals surface area contributed by atoms with Crippen molar-refractivity contribution < 1.29 is 51.6 Å². The molecule has 0 radical (unpaired) electrons. The van der Waals surface area contributed by atoms with Gasteiger partial charge in [0.1, 0.15) is 0 Å². The lowest BCUT2D eigenvalue weighted by Crippen LogP contribution is -2.60. The van der Waals surface area contributed by atoms with E-state index in [0.717, 1.165) is 18.2 Å². The van der Waals surface area contributed by atoms with E-state index in [1.54, 1.807) is 34.8 Å². The Hall–Kier alpha value is -3.47. The summed E-state index contributed by atoms with van der Waals surface area (Å²) in [6.07, 6.45) is 2.95. The molecule has 0 spiro atoms. The number of carboxylic acids is 1. The van der Waals surface area contributed by atoms with Gasteiger partial charge in [-0.25, -0.2) is 16.8 Å². The average molecular weight is 794 g/mol. The number of aliphatic hydroxyl groups is 1. The number of benzene rings is 2. The normalized spacial score (nSPS) is 23.5. The van der Waals surface area contributed by atoms with Crippen molar-refractivity contribution in [2.75, 3.05) is 26.4 Å². The molecular weight excluding hydrogens is 755 g/mol. The quantitative estimate of drug-likeness (QED) is 0.108. The molecule has 4 atom stereocenters. The molecule has 17 nitrogen and oxygen atoms in total. The van der Waals surface area contributed by atoms with Gasteiger partial charge in [0.25, 0.3) is 5.97 Å². The molecule has 4 aliphatic rings. The third-order valence-electron chi connectivity index (χ3n) is 8.08. The SMILES string of the molecule is CC(=O)O.NN.O.O=C1CC2COCC(/C1=C/O)N2S(=O)(=O)c1ccc(Cl)cc1.O=S(=O)(c1ccc(Cl)cc1)N1C2COCC1c1cn[nH]c1C2. The number of sulfonamides is 2. The van der Waals surface area contributed by atoms with Crippen LogP contribution in [0.2, 0.25) is 10.0 Å². The Bertz CT molecular complexity index is 1910. The van der Waals surface area contributed by atoms with Crippen molar-refractivity contribution in [3.8, 4) is 0 Å². The molecule has 4 bridgehead atoms. The number of ether oxygens (including phenoxy) is 2. The summed E-state index contributed by atoms with van der Waals surface area (Å²) >= 11 is 11.6. The lowest BCUT2D eigenvalue weighted by atomic mass is 9.91. The second-order valence-corrected chi connectivity index (χ2v) is 15.8. The summed E-state index contributed by atoms with van der Waals surface area (Å²) in [5, 5.41) is 24.7. The molecule has 51 heavy (non-hydrogen) atoms. The van der Waals surface area contributed by atoms with Crippen molar-refractivity contribution in [3.05, 3.63) is 87.9 Å². The number of Topliss-reactive ketones (excluding diaryl/α,β-unsaturated/α-hetero) is 1. The van der Waals surface area contributed by atoms with Crippen molar-refractivity contribution in [1.82, 2.24) is 18.8 Å². The van der Waals surface area contributed by atoms with Gasteiger partial charge in [-0.2, -0.15) is 13.7 Å². The van der Waals surface area contributed by atoms with Crippen molar-refractivity contribution in [2.45, 2.75) is 53.7 Å². The number of hydrogen-bond acceptors (Lipinski definition) is 12. The van der Waals surface area contributed by atoms with Gasteiger partial charge in [-0.05, 0) is 48.5 Å². The highest BCUT2D eigenvalue weighted by Crippen LogP contribution is 2.40. The fourth-order valence-electron chi connectivity index (χ4n) is 6.05. The monoisotopic (exact) mass is 792 g/mol. The highest BCUT2D eigenvalue weighted by Gasteiger charge is 2.48. The summed E-state index contributed by atoms with van der Waals surface area (Å²) in [7, 11) is -7.42. The average Bonchev–Trinajstić information content (AvgIpc) is 3.54. The zero-order valence-corrected chi connectivity index (χ0v) is 30.2. The number of aromatic amines is 1. The summed E-state index contributed by atoms with van der Waals surface area (Å²) in [6.45, 7) is 2.02. The molecule has 3 saturated heterocycles. The molecule has 4 unspecified atom stereocenters. The standard InChI is InChI=1S/C14H14ClN3O3S.C14H14ClNO5S.C2H4O2.H4N2.H2O/c15-9-1-3-11(4-2-9)22(19,20)18-10-5-13-12(6-16-17-13)14(18)8-21-7-10;15-9-1-3-11(4-2-9)22(19,20)16-10-5-14(18)12(6-17)13(16)8-21-7-10;1-2(3)4;1-2;/h1-4,6,10,14H,5,7-8H2,(H,16,17);1-4,6,10,13,17H,5,7-8H2;1H3,(H,3,4);1-2H2;1H2/b;12-6-;;;. The van der Waals surface area contributed by atoms with Gasteiger partial charge in [0.2, 0.25) is 20.0 Å². The molecule has 0 amide bonds. The van der Waals surface area contributed by atoms with Crippen LogP contribution in [0.1, 0.15) is 30.6 Å². The number of rotatable bonds is 4. The van der Waals surface area contributed by atoms with Gasteiger partial charge in [0.15, 0.2) is 5.78 Å². The van der Waals surface area contributed by atoms with Gasteiger partial charge in [0, 0.05) is 46.6 Å². The van der Waals surface area contributed by atoms with Crippen LogP contribution in [0, 0.1) is 0 Å². The highest BCUT2D eigenvalue weighted by atomic mass is 35.5. The predicted molar refractivity (Wildman–Crippen MR) is 185 cm³/mol. The molecule has 5 heterocycles. The van der Waals surface area contributed by atoms with Crippen LogP contribution in [-0.4, -0.2) is 108 Å². The number of carbonyl (C=O) groups excluding carboxylic acids is 1. The number of carbonyl (C=O) groups is 2. The maximum atomic E-state index is 13.0. The van der Waals surface area contributed by atoms with Crippen LogP contribution in [-0.2, 0) is 45.5 Å². The van der Waals surface area contributed by atoms with Crippen molar-refractivity contribution in [1.29, 1.82) is 0 Å². The minimum Gasteiger partial charge on any atom is -0.515 e. The first-order chi connectivity index (χ1) is 23.7. The largest absolute Gasteiger partial charge is 0.515 e. The third kappa shape index (κ3) is 9.13. The number of halogens is 2. The van der Waals surface area contributed by atoms with E-state index in [9.17, 15) is 26.7 Å². The molecular formula is C30H38Cl2N6O11S2. The lowest BCUT2D eigenvalue weighted by Gasteiger charge is -2.44. The number of nitrogens with two attached hydrogens (primary N) is 2. The number of hydrogen-bond donors (Lipinski definition) is 5. The van der Waals surface area contributed by atoms with Crippen LogP contribution in [0.25, 0.3) is 0 Å². The molecule has 4 aliphatic heterocycles. The molecule has 3 aromatic rings. The van der Waals surface area contributed by atoms with Crippen molar-refractivity contribution >= 4 is 55.0 Å². The number of nitrogens with one attached hydrogen (secondary N) is 1. The molecule has 280 valence electrons. The first-order valence-corrected chi connectivity index (χ1v) is 18.6. The van der Waals surface area contributed by atoms with Crippen LogP contribution >= 0.6 is 23.2 Å². The Labute approximate surface area is 304 Å². The smallest absolute Gasteiger partial charge is 0.300 e. The molecule has 0 saturated carbocycles. The number of nitrogens with zero attached hydrogens (tertiary/aromatic N) is 3. The van der Waals surface area contributed by atoms with Crippen molar-refractivity contribution in [3.63, 3.8) is 0 Å². The van der Waals surface area contributed by atoms with Gasteiger partial charge in [-0.3, -0.25) is 26.4 Å². The molecule has 3 fully saturated rings. The van der Waals surface area contributed by atoms with Gasteiger partial charge in [-0.1, -0.05) is 23.2 Å². The molecule has 1 aromatic heterocycles. The zero-order valence-electron chi connectivity index (χ0n) is 27.1. The van der Waals surface area contributed by atoms with Gasteiger partial charge in [-0.15, -0.1) is 0 Å². The van der Waals surface area contributed by atoms with E-state index in [1.165, 1.54) is 28.6 Å². The predicted octanol–water partition coefficient (Wildman–Crippen LogP) is 1.35. The lowest BCUT2D eigenvalue weighted by molar-refractivity contribution is -0.134. The minimum atomic E-state index is -3.81. The summed E-state index contributed by atoms with van der Waals surface area (Å²) in [5.41, 5.74) is 1.96. The molecule has 0 aliphatic carbocycles. The first kappa shape index (κ1) is 41.9. The summed E-state index contributed by atoms with van der Waals surface area (Å²) < 4.78 is 65.6. The summed E-state index contributed by atoms with van der Waals surface area (Å²) in [4.78, 5) is 21.3. The van der Waals surface area contributed by atoms with E-state index >= 15 is 0 Å². The Kier molecular flexibility index (Phi) is 14.7. The number of fused-ring (bicyclic) bond motifs is 6. The second kappa shape index (κ2) is 17.8. The number of aromatic nitrogens is 2. The maximum Gasteiger partial charge on any atom is 0.300 e. The van der Waals surface area contributed by atoms with Crippen LogP contribution < -0.4 is 11.7 Å². The topological polar surface area (TPSA) is 280 Å². The Morgan fingerprint density at radius 3 is 1.76 bits per heavy atom. The van der Waals surface area contributed by atoms with E-state index in [-0.39, 0.29) is 58.3 Å². The number of piperidine rings is 1. The number of ketones is 1. The van der Waals surface area contributed by atoms with E-state index in [2.05, 4.69) is 21.9 Å². The first-order valence-electron chi connectivity index (χ1n) is 14.9. The van der Waals surface area contributed by atoms with Gasteiger partial charge < -0.3 is 25.2 Å². The fraction of sp³-hybridized carbons (Fsp3) is 0.367. The van der Waals surface area contributed by atoms with Gasteiger partial charge in [0.05, 0.1) is 72.8 Å². The fourth-order valence-corrected chi connectivity index (χ4v) is 9.83. The number of aliphatic hydroxyl groups excluding tert-OH is 1. The Balaban J connectivity index is 0.000000235. The summed E-state index contributed by atoms with van der Waals surface area (Å²) in [5.74, 6) is 6.92. The van der Waals surface area contributed by atoms with Crippen LogP contribution in [0.5, 0.6) is 0 Å². The Morgan fingerprint density at radius 2 is 1.29 bits per heavy atom.